The van der Waals surface area contributed by atoms with Gasteiger partial charge in [0, 0.05) is 19.6 Å². The van der Waals surface area contributed by atoms with Crippen LogP contribution >= 0.6 is 0 Å². The number of hydrogen-bond donors (Lipinski definition) is 0. The highest BCUT2D eigenvalue weighted by Gasteiger charge is 2.28. The molecule has 1 atom stereocenters. The molecule has 5 heterocycles. The number of nitrogens with zero attached hydrogens (tertiary/aromatic N) is 6. The number of pyridine rings is 1. The Bertz CT molecular complexity index is 1250. The van der Waals surface area contributed by atoms with Crippen LogP contribution in [-0.2, 0) is 0 Å². The summed E-state index contributed by atoms with van der Waals surface area (Å²) in [5.41, 5.74) is 3.52. The highest BCUT2D eigenvalue weighted by Crippen LogP contribution is 2.35. The summed E-state index contributed by atoms with van der Waals surface area (Å²) in [6.45, 7) is 3.01. The van der Waals surface area contributed by atoms with E-state index in [1.165, 1.54) is 12.5 Å². The zero-order valence-electron chi connectivity index (χ0n) is 17.2. The van der Waals surface area contributed by atoms with Gasteiger partial charge in [0.2, 0.25) is 0 Å². The molecule has 31 heavy (non-hydrogen) atoms. The molecule has 156 valence electrons. The molecule has 6 nitrogen and oxygen atoms in total. The zero-order valence-corrected chi connectivity index (χ0v) is 17.2. The van der Waals surface area contributed by atoms with Crippen LogP contribution in [0.3, 0.4) is 0 Å². The van der Waals surface area contributed by atoms with E-state index in [9.17, 15) is 4.39 Å². The first-order chi connectivity index (χ1) is 15.3. The standard InChI is InChI=1S/C24H23FN6/c25-18-6-1-5-17(15-18)20-8-3-14-30(20)24-11-10-22-26-16-21(31(22)28-24)19-7-2-9-23(27-19)29-12-4-13-29/h1-2,5-7,9-11,15-16,20H,3-4,8,12-14H2. The van der Waals surface area contributed by atoms with Crippen molar-refractivity contribution in [2.75, 3.05) is 29.4 Å². The quantitative estimate of drug-likeness (QED) is 0.493. The van der Waals surface area contributed by atoms with Gasteiger partial charge in [-0.2, -0.15) is 0 Å². The highest BCUT2D eigenvalue weighted by molar-refractivity contribution is 5.63. The van der Waals surface area contributed by atoms with Crippen LogP contribution in [0.5, 0.6) is 0 Å². The molecule has 0 N–H and O–H groups in total. The SMILES string of the molecule is Fc1cccc(C2CCCN2c2ccc3ncc(-c4cccc(N5CCC5)n4)n3n2)c1. The van der Waals surface area contributed by atoms with Crippen LogP contribution in [0.15, 0.2) is 60.8 Å². The summed E-state index contributed by atoms with van der Waals surface area (Å²) in [6.07, 6.45) is 5.09. The lowest BCUT2D eigenvalue weighted by Crippen LogP contribution is -2.37. The summed E-state index contributed by atoms with van der Waals surface area (Å²) >= 11 is 0. The lowest BCUT2D eigenvalue weighted by molar-refractivity contribution is 0.610. The number of rotatable bonds is 4. The van der Waals surface area contributed by atoms with Gasteiger partial charge < -0.3 is 9.80 Å². The minimum Gasteiger partial charge on any atom is -0.356 e. The number of fused-ring (bicyclic) bond motifs is 1. The van der Waals surface area contributed by atoms with Gasteiger partial charge in [-0.1, -0.05) is 18.2 Å². The van der Waals surface area contributed by atoms with Gasteiger partial charge in [0.05, 0.1) is 17.9 Å². The molecule has 7 heteroatoms. The molecule has 0 spiro atoms. The second-order valence-electron chi connectivity index (χ2n) is 8.23. The van der Waals surface area contributed by atoms with Crippen molar-refractivity contribution in [3.05, 3.63) is 72.2 Å². The molecule has 4 aromatic rings. The molecular formula is C24H23FN6. The van der Waals surface area contributed by atoms with Crippen molar-refractivity contribution in [1.82, 2.24) is 19.6 Å². The molecule has 0 radical (unpaired) electrons. The van der Waals surface area contributed by atoms with Gasteiger partial charge in [-0.05, 0) is 61.2 Å². The third-order valence-electron chi connectivity index (χ3n) is 6.31. The fourth-order valence-corrected chi connectivity index (χ4v) is 4.58. The molecule has 3 aromatic heterocycles. The number of imidazole rings is 1. The minimum absolute atomic E-state index is 0.125. The maximum Gasteiger partial charge on any atom is 0.154 e. The van der Waals surface area contributed by atoms with Crippen LogP contribution in [0.4, 0.5) is 16.0 Å². The van der Waals surface area contributed by atoms with E-state index in [-0.39, 0.29) is 11.9 Å². The average Bonchev–Trinajstić information content (AvgIpc) is 3.39. The Morgan fingerprint density at radius 1 is 0.903 bits per heavy atom. The summed E-state index contributed by atoms with van der Waals surface area (Å²) in [5, 5.41) is 4.93. The number of anilines is 2. The first-order valence-electron chi connectivity index (χ1n) is 10.9. The fourth-order valence-electron chi connectivity index (χ4n) is 4.58. The fraction of sp³-hybridized carbons (Fsp3) is 0.292. The van der Waals surface area contributed by atoms with Gasteiger partial charge in [0.1, 0.15) is 23.1 Å². The van der Waals surface area contributed by atoms with Gasteiger partial charge >= 0.3 is 0 Å². The maximum absolute atomic E-state index is 13.8. The third-order valence-corrected chi connectivity index (χ3v) is 6.31. The highest BCUT2D eigenvalue weighted by atomic mass is 19.1. The lowest BCUT2D eigenvalue weighted by atomic mass is 10.0. The smallest absolute Gasteiger partial charge is 0.154 e. The molecule has 6 rings (SSSR count). The van der Waals surface area contributed by atoms with Crippen LogP contribution in [0.2, 0.25) is 0 Å². The molecule has 0 bridgehead atoms. The van der Waals surface area contributed by atoms with Gasteiger partial charge in [-0.15, -0.1) is 5.10 Å². The van der Waals surface area contributed by atoms with Crippen LogP contribution in [0, 0.1) is 5.82 Å². The van der Waals surface area contributed by atoms with Gasteiger partial charge in [-0.25, -0.2) is 18.9 Å². The topological polar surface area (TPSA) is 49.6 Å². The summed E-state index contributed by atoms with van der Waals surface area (Å²) in [5.74, 6) is 1.68. The van der Waals surface area contributed by atoms with Crippen LogP contribution in [0.1, 0.15) is 30.9 Å². The molecule has 0 saturated carbocycles. The molecule has 0 amide bonds. The van der Waals surface area contributed by atoms with E-state index < -0.39 is 0 Å². The van der Waals surface area contributed by atoms with Crippen molar-refractivity contribution in [2.24, 2.45) is 0 Å². The minimum atomic E-state index is -0.196. The first kappa shape index (κ1) is 18.3. The molecule has 2 saturated heterocycles. The van der Waals surface area contributed by atoms with Gasteiger partial charge in [-0.3, -0.25) is 0 Å². The summed E-state index contributed by atoms with van der Waals surface area (Å²) in [6, 6.07) is 17.1. The summed E-state index contributed by atoms with van der Waals surface area (Å²) < 4.78 is 15.7. The van der Waals surface area contributed by atoms with E-state index in [2.05, 4.69) is 20.9 Å². The number of hydrogen-bond acceptors (Lipinski definition) is 5. The van der Waals surface area contributed by atoms with Gasteiger partial charge in [0.15, 0.2) is 5.65 Å². The lowest BCUT2D eigenvalue weighted by Gasteiger charge is -2.32. The van der Waals surface area contributed by atoms with Crippen molar-refractivity contribution in [3.8, 4) is 11.4 Å². The Balaban J connectivity index is 1.38. The largest absolute Gasteiger partial charge is 0.356 e. The number of halogens is 1. The normalized spacial score (nSPS) is 18.5. The second-order valence-corrected chi connectivity index (χ2v) is 8.23. The Labute approximate surface area is 180 Å². The van der Waals surface area contributed by atoms with Crippen molar-refractivity contribution in [2.45, 2.75) is 25.3 Å². The molecule has 2 fully saturated rings. The summed E-state index contributed by atoms with van der Waals surface area (Å²) in [4.78, 5) is 13.9. The van der Waals surface area contributed by atoms with Gasteiger partial charge in [0.25, 0.3) is 0 Å². The maximum atomic E-state index is 13.8. The number of benzene rings is 1. The van der Waals surface area contributed by atoms with E-state index in [0.29, 0.717) is 0 Å². The Hall–Kier alpha value is -3.48. The van der Waals surface area contributed by atoms with E-state index in [1.54, 1.807) is 12.1 Å². The summed E-state index contributed by atoms with van der Waals surface area (Å²) in [7, 11) is 0. The van der Waals surface area contributed by atoms with Crippen molar-refractivity contribution in [1.29, 1.82) is 0 Å². The molecule has 2 aliphatic rings. The zero-order chi connectivity index (χ0) is 20.8. The molecule has 0 aliphatic carbocycles. The molecule has 2 aliphatic heterocycles. The molecule has 1 unspecified atom stereocenters. The van der Waals surface area contributed by atoms with Crippen molar-refractivity contribution >= 4 is 17.3 Å². The van der Waals surface area contributed by atoms with Crippen molar-refractivity contribution in [3.63, 3.8) is 0 Å². The predicted molar refractivity (Wildman–Crippen MR) is 119 cm³/mol. The second kappa shape index (κ2) is 7.34. The van der Waals surface area contributed by atoms with E-state index >= 15 is 0 Å². The van der Waals surface area contributed by atoms with Crippen LogP contribution in [-0.4, -0.2) is 39.2 Å². The molecular weight excluding hydrogens is 391 g/mol. The Morgan fingerprint density at radius 3 is 2.65 bits per heavy atom. The van der Waals surface area contributed by atoms with Crippen LogP contribution < -0.4 is 9.80 Å². The Kier molecular flexibility index (Phi) is 4.33. The van der Waals surface area contributed by atoms with E-state index in [4.69, 9.17) is 10.1 Å². The Morgan fingerprint density at radius 2 is 1.81 bits per heavy atom. The predicted octanol–water partition coefficient (Wildman–Crippen LogP) is 4.48. The third kappa shape index (κ3) is 3.21. The van der Waals surface area contributed by atoms with Crippen LogP contribution in [0.25, 0.3) is 17.0 Å². The average molecular weight is 414 g/mol. The monoisotopic (exact) mass is 414 g/mol. The van der Waals surface area contributed by atoms with E-state index in [1.807, 2.05) is 41.0 Å². The van der Waals surface area contributed by atoms with Crippen molar-refractivity contribution < 1.29 is 4.39 Å². The first-order valence-corrected chi connectivity index (χ1v) is 10.9. The van der Waals surface area contributed by atoms with E-state index in [0.717, 1.165) is 66.7 Å². The number of aromatic nitrogens is 4. The molecule has 1 aromatic carbocycles.